The third kappa shape index (κ3) is 1.63. The molecule has 0 fully saturated rings. The van der Waals surface area contributed by atoms with Gasteiger partial charge in [-0.2, -0.15) is 5.26 Å². The molecule has 2 aromatic heterocycles. The van der Waals surface area contributed by atoms with Gasteiger partial charge < -0.3 is 0 Å². The van der Waals surface area contributed by atoms with E-state index < -0.39 is 0 Å². The van der Waals surface area contributed by atoms with Gasteiger partial charge in [0.25, 0.3) is 0 Å². The molecule has 0 bridgehead atoms. The van der Waals surface area contributed by atoms with Crippen LogP contribution in [-0.4, -0.2) is 15.8 Å². The third-order valence-electron chi connectivity index (χ3n) is 1.99. The van der Waals surface area contributed by atoms with Gasteiger partial charge in [-0.15, -0.1) is 0 Å². The number of aromatic nitrogens is 2. The van der Waals surface area contributed by atoms with E-state index in [2.05, 4.69) is 4.98 Å². The van der Waals surface area contributed by atoms with Crippen LogP contribution >= 0.6 is 0 Å². The van der Waals surface area contributed by atoms with Gasteiger partial charge in [0.2, 0.25) is 0 Å². The number of nitrogens with zero attached hydrogens (tertiary/aromatic N) is 3. The van der Waals surface area contributed by atoms with E-state index in [-0.39, 0.29) is 0 Å². The van der Waals surface area contributed by atoms with Crippen molar-refractivity contribution < 1.29 is 4.79 Å². The lowest BCUT2D eigenvalue weighted by atomic mass is 10.3. The third-order valence-corrected chi connectivity index (χ3v) is 1.99. The summed E-state index contributed by atoms with van der Waals surface area (Å²) in [7, 11) is 0. The average Bonchev–Trinajstić information content (AvgIpc) is 2.73. The summed E-state index contributed by atoms with van der Waals surface area (Å²) in [6, 6.07) is 8.93. The normalized spacial score (nSPS) is 9.53. The Morgan fingerprint density at radius 1 is 1.47 bits per heavy atom. The standard InChI is InChI=1S/C11H7N3O/c12-6-10-5-9(8-15)7-14(10)11-3-1-2-4-13-11/h1-5,7-8H. The summed E-state index contributed by atoms with van der Waals surface area (Å²) in [5.41, 5.74) is 0.869. The van der Waals surface area contributed by atoms with Crippen molar-refractivity contribution in [1.29, 1.82) is 5.26 Å². The second-order valence-electron chi connectivity index (χ2n) is 2.95. The molecule has 4 heteroatoms. The number of carbonyl (C=O) groups excluding carboxylic acids is 1. The van der Waals surface area contributed by atoms with Crippen LogP contribution in [0.15, 0.2) is 36.7 Å². The van der Waals surface area contributed by atoms with Crippen LogP contribution in [0.5, 0.6) is 0 Å². The van der Waals surface area contributed by atoms with E-state index in [0.717, 1.165) is 0 Å². The average molecular weight is 197 g/mol. The molecule has 0 aliphatic carbocycles. The second-order valence-corrected chi connectivity index (χ2v) is 2.95. The molecule has 72 valence electrons. The topological polar surface area (TPSA) is 58.7 Å². The zero-order valence-corrected chi connectivity index (χ0v) is 7.79. The highest BCUT2D eigenvalue weighted by Crippen LogP contribution is 2.11. The molecule has 4 nitrogen and oxygen atoms in total. The van der Waals surface area contributed by atoms with E-state index in [1.807, 2.05) is 12.1 Å². The van der Waals surface area contributed by atoms with Gasteiger partial charge in [-0.05, 0) is 18.2 Å². The van der Waals surface area contributed by atoms with Crippen LogP contribution in [0, 0.1) is 11.3 Å². The van der Waals surface area contributed by atoms with Crippen LogP contribution < -0.4 is 0 Å². The van der Waals surface area contributed by atoms with Gasteiger partial charge in [-0.1, -0.05) is 6.07 Å². The van der Waals surface area contributed by atoms with Crippen molar-refractivity contribution in [1.82, 2.24) is 9.55 Å². The minimum Gasteiger partial charge on any atom is -0.298 e. The lowest BCUT2D eigenvalue weighted by Crippen LogP contribution is -1.97. The minimum atomic E-state index is 0.399. The van der Waals surface area contributed by atoms with Crippen LogP contribution in [0.25, 0.3) is 5.82 Å². The molecule has 2 heterocycles. The fraction of sp³-hybridized carbons (Fsp3) is 0. The van der Waals surface area contributed by atoms with E-state index in [1.54, 1.807) is 29.1 Å². The number of hydrogen-bond acceptors (Lipinski definition) is 3. The van der Waals surface area contributed by atoms with Gasteiger partial charge in [0, 0.05) is 18.0 Å². The molecule has 0 aromatic carbocycles. The number of rotatable bonds is 2. The van der Waals surface area contributed by atoms with E-state index in [4.69, 9.17) is 5.26 Å². The first kappa shape index (κ1) is 9.16. The zero-order valence-electron chi connectivity index (χ0n) is 7.79. The summed E-state index contributed by atoms with van der Waals surface area (Å²) in [5.74, 6) is 0.627. The minimum absolute atomic E-state index is 0.399. The molecular weight excluding hydrogens is 190 g/mol. The highest BCUT2D eigenvalue weighted by atomic mass is 16.1. The van der Waals surface area contributed by atoms with Gasteiger partial charge in [-0.3, -0.25) is 9.36 Å². The number of pyridine rings is 1. The maximum absolute atomic E-state index is 10.6. The molecule has 0 N–H and O–H groups in total. The van der Waals surface area contributed by atoms with Crippen LogP contribution in [0.1, 0.15) is 16.1 Å². The van der Waals surface area contributed by atoms with Crippen molar-refractivity contribution in [2.24, 2.45) is 0 Å². The van der Waals surface area contributed by atoms with Gasteiger partial charge >= 0.3 is 0 Å². The first-order valence-electron chi connectivity index (χ1n) is 4.34. The van der Waals surface area contributed by atoms with E-state index in [9.17, 15) is 4.79 Å². The fourth-order valence-corrected chi connectivity index (χ4v) is 1.32. The lowest BCUT2D eigenvalue weighted by molar-refractivity contribution is 0.112. The molecule has 0 aliphatic rings. The molecule has 0 saturated heterocycles. The molecule has 0 atom stereocenters. The van der Waals surface area contributed by atoms with Gasteiger partial charge in [0.15, 0.2) is 6.29 Å². The molecule has 2 rings (SSSR count). The summed E-state index contributed by atoms with van der Waals surface area (Å²) >= 11 is 0. The number of hydrogen-bond donors (Lipinski definition) is 0. The summed E-state index contributed by atoms with van der Waals surface area (Å²) in [6.45, 7) is 0. The van der Waals surface area contributed by atoms with Crippen molar-refractivity contribution >= 4 is 6.29 Å². The maximum Gasteiger partial charge on any atom is 0.151 e. The number of nitriles is 1. The van der Waals surface area contributed by atoms with Gasteiger partial charge in [0.05, 0.1) is 0 Å². The van der Waals surface area contributed by atoms with Gasteiger partial charge in [0.1, 0.15) is 17.6 Å². The Morgan fingerprint density at radius 2 is 2.33 bits per heavy atom. The predicted molar refractivity (Wildman–Crippen MR) is 53.7 cm³/mol. The Kier molecular flexibility index (Phi) is 2.30. The Hall–Kier alpha value is -2.41. The highest BCUT2D eigenvalue weighted by Gasteiger charge is 2.06. The summed E-state index contributed by atoms with van der Waals surface area (Å²) in [6.07, 6.45) is 3.94. The van der Waals surface area contributed by atoms with E-state index >= 15 is 0 Å². The molecule has 0 aliphatic heterocycles. The maximum atomic E-state index is 10.6. The Bertz CT molecular complexity index is 523. The molecular formula is C11H7N3O. The molecule has 0 spiro atoms. The lowest BCUT2D eigenvalue weighted by Gasteiger charge is -2.01. The van der Waals surface area contributed by atoms with Gasteiger partial charge in [-0.25, -0.2) is 4.98 Å². The summed E-state index contributed by atoms with van der Waals surface area (Å²) in [5, 5.41) is 8.87. The SMILES string of the molecule is N#Cc1cc(C=O)cn1-c1ccccn1. The first-order valence-corrected chi connectivity index (χ1v) is 4.34. The summed E-state index contributed by atoms with van der Waals surface area (Å²) in [4.78, 5) is 14.7. The van der Waals surface area contributed by atoms with Crippen molar-refractivity contribution in [2.75, 3.05) is 0 Å². The molecule has 2 aromatic rings. The van der Waals surface area contributed by atoms with E-state index in [0.29, 0.717) is 23.4 Å². The first-order chi connectivity index (χ1) is 7.35. The van der Waals surface area contributed by atoms with Crippen LogP contribution in [0.3, 0.4) is 0 Å². The Morgan fingerprint density at radius 3 is 2.93 bits per heavy atom. The summed E-state index contributed by atoms with van der Waals surface area (Å²) < 4.78 is 1.59. The molecule has 15 heavy (non-hydrogen) atoms. The van der Waals surface area contributed by atoms with Crippen molar-refractivity contribution in [3.05, 3.63) is 47.9 Å². The van der Waals surface area contributed by atoms with E-state index in [1.165, 1.54) is 6.07 Å². The Balaban J connectivity index is 2.58. The number of aldehydes is 1. The molecule has 0 amide bonds. The predicted octanol–water partition coefficient (Wildman–Crippen LogP) is 1.56. The monoisotopic (exact) mass is 197 g/mol. The molecule has 0 unspecified atom stereocenters. The fourth-order valence-electron chi connectivity index (χ4n) is 1.32. The zero-order chi connectivity index (χ0) is 10.7. The van der Waals surface area contributed by atoms with Crippen LogP contribution in [0.4, 0.5) is 0 Å². The highest BCUT2D eigenvalue weighted by molar-refractivity contribution is 5.75. The Labute approximate surface area is 86.4 Å². The van der Waals surface area contributed by atoms with Crippen LogP contribution in [0.2, 0.25) is 0 Å². The smallest absolute Gasteiger partial charge is 0.151 e. The van der Waals surface area contributed by atoms with Crippen molar-refractivity contribution in [3.8, 4) is 11.9 Å². The largest absolute Gasteiger partial charge is 0.298 e. The quantitative estimate of drug-likeness (QED) is 0.686. The number of carbonyl (C=O) groups is 1. The molecule has 0 radical (unpaired) electrons. The van der Waals surface area contributed by atoms with Crippen molar-refractivity contribution in [3.63, 3.8) is 0 Å². The van der Waals surface area contributed by atoms with Crippen LogP contribution in [-0.2, 0) is 0 Å². The van der Waals surface area contributed by atoms with Crippen molar-refractivity contribution in [2.45, 2.75) is 0 Å². The molecule has 0 saturated carbocycles. The second kappa shape index (κ2) is 3.76.